The Hall–Kier alpha value is -2.54. The summed E-state index contributed by atoms with van der Waals surface area (Å²) in [5.41, 5.74) is 4.75. The van der Waals surface area contributed by atoms with Crippen molar-refractivity contribution in [2.75, 3.05) is 0 Å². The molecule has 4 rings (SSSR count). The Balaban J connectivity index is 1.33. The lowest BCUT2D eigenvalue weighted by atomic mass is 10.1. The molecular formula is C22H18ClN3OS2. The van der Waals surface area contributed by atoms with Crippen LogP contribution in [0.2, 0.25) is 5.02 Å². The summed E-state index contributed by atoms with van der Waals surface area (Å²) in [4.78, 5) is 21.4. The van der Waals surface area contributed by atoms with Crippen LogP contribution in [-0.2, 0) is 17.8 Å². The Labute approximate surface area is 182 Å². The molecule has 1 amide bonds. The van der Waals surface area contributed by atoms with E-state index < -0.39 is 0 Å². The Bertz CT molecular complexity index is 1130. The van der Waals surface area contributed by atoms with Gasteiger partial charge in [0.05, 0.1) is 27.8 Å². The molecule has 0 fully saturated rings. The zero-order valence-corrected chi connectivity index (χ0v) is 18.1. The van der Waals surface area contributed by atoms with Gasteiger partial charge in [-0.1, -0.05) is 54.1 Å². The summed E-state index contributed by atoms with van der Waals surface area (Å²) in [5.74, 6) is -0.0554. The maximum absolute atomic E-state index is 12.3. The van der Waals surface area contributed by atoms with Gasteiger partial charge in [-0.2, -0.15) is 0 Å². The number of benzene rings is 2. The molecule has 0 saturated heterocycles. The second-order valence-electron chi connectivity index (χ2n) is 6.53. The van der Waals surface area contributed by atoms with E-state index in [9.17, 15) is 4.79 Å². The first kappa shape index (κ1) is 19.8. The lowest BCUT2D eigenvalue weighted by Gasteiger charge is -2.05. The molecule has 0 bridgehead atoms. The van der Waals surface area contributed by atoms with Crippen LogP contribution in [-0.4, -0.2) is 15.9 Å². The van der Waals surface area contributed by atoms with Crippen LogP contribution in [0, 0.1) is 6.92 Å². The minimum Gasteiger partial charge on any atom is -0.352 e. The zero-order valence-electron chi connectivity index (χ0n) is 15.7. The van der Waals surface area contributed by atoms with Crippen LogP contribution in [0.1, 0.15) is 16.3 Å². The summed E-state index contributed by atoms with van der Waals surface area (Å²) in [6.07, 6.45) is 0.247. The quantitative estimate of drug-likeness (QED) is 0.416. The predicted molar refractivity (Wildman–Crippen MR) is 120 cm³/mol. The lowest BCUT2D eigenvalue weighted by Crippen LogP contribution is -2.24. The summed E-state index contributed by atoms with van der Waals surface area (Å²) in [6, 6.07) is 15.7. The van der Waals surface area contributed by atoms with Gasteiger partial charge in [0.2, 0.25) is 5.91 Å². The average molecular weight is 440 g/mol. The van der Waals surface area contributed by atoms with E-state index in [4.69, 9.17) is 11.6 Å². The number of nitrogens with zero attached hydrogens (tertiary/aromatic N) is 2. The number of aryl methyl sites for hydroxylation is 1. The largest absolute Gasteiger partial charge is 0.352 e. The molecule has 0 aliphatic rings. The highest BCUT2D eigenvalue weighted by Crippen LogP contribution is 2.30. The minimum atomic E-state index is -0.0554. The normalized spacial score (nSPS) is 10.8. The monoisotopic (exact) mass is 439 g/mol. The second-order valence-corrected chi connectivity index (χ2v) is 8.85. The van der Waals surface area contributed by atoms with Crippen molar-refractivity contribution >= 4 is 40.2 Å². The first-order valence-corrected chi connectivity index (χ1v) is 11.2. The van der Waals surface area contributed by atoms with Gasteiger partial charge in [0.25, 0.3) is 0 Å². The molecule has 0 saturated carbocycles. The van der Waals surface area contributed by atoms with E-state index in [1.807, 2.05) is 60.8 Å². The average Bonchev–Trinajstić information content (AvgIpc) is 3.36. The Morgan fingerprint density at radius 3 is 2.55 bits per heavy atom. The molecule has 4 aromatic rings. The predicted octanol–water partition coefficient (Wildman–Crippen LogP) is 5.75. The van der Waals surface area contributed by atoms with Gasteiger partial charge in [-0.25, -0.2) is 9.97 Å². The number of hydrogen-bond donors (Lipinski definition) is 1. The van der Waals surface area contributed by atoms with E-state index in [0.717, 1.165) is 38.1 Å². The highest BCUT2D eigenvalue weighted by atomic mass is 35.5. The standard InChI is InChI=1S/C22H18ClN3OS2/c1-14-25-20(13-28-14)16-8-6-15(7-9-16)11-24-21(27)10-17-12-29-22(26-17)18-4-2-3-5-19(18)23/h2-9,12-13H,10-11H2,1H3,(H,24,27). The molecular weight excluding hydrogens is 422 g/mol. The molecule has 4 nitrogen and oxygen atoms in total. The molecule has 1 N–H and O–H groups in total. The molecule has 0 aliphatic heterocycles. The van der Waals surface area contributed by atoms with Gasteiger partial charge in [-0.15, -0.1) is 22.7 Å². The minimum absolute atomic E-state index is 0.0554. The molecule has 146 valence electrons. The summed E-state index contributed by atoms with van der Waals surface area (Å²) in [6.45, 7) is 2.48. The van der Waals surface area contributed by atoms with E-state index in [-0.39, 0.29) is 12.3 Å². The third kappa shape index (κ3) is 4.90. The molecule has 0 unspecified atom stereocenters. The van der Waals surface area contributed by atoms with Crippen molar-refractivity contribution in [2.45, 2.75) is 19.9 Å². The van der Waals surface area contributed by atoms with Crippen LogP contribution in [0.3, 0.4) is 0 Å². The van der Waals surface area contributed by atoms with E-state index >= 15 is 0 Å². The van der Waals surface area contributed by atoms with Crippen LogP contribution in [0.4, 0.5) is 0 Å². The van der Waals surface area contributed by atoms with Crippen LogP contribution in [0.15, 0.2) is 59.3 Å². The molecule has 0 atom stereocenters. The fourth-order valence-electron chi connectivity index (χ4n) is 2.86. The van der Waals surface area contributed by atoms with Crippen molar-refractivity contribution < 1.29 is 4.79 Å². The summed E-state index contributed by atoms with van der Waals surface area (Å²) < 4.78 is 0. The molecule has 0 radical (unpaired) electrons. The van der Waals surface area contributed by atoms with Crippen LogP contribution >= 0.6 is 34.3 Å². The summed E-state index contributed by atoms with van der Waals surface area (Å²) in [5, 5.41) is 9.45. The van der Waals surface area contributed by atoms with E-state index in [0.29, 0.717) is 11.6 Å². The van der Waals surface area contributed by atoms with Crippen molar-refractivity contribution in [3.05, 3.63) is 80.6 Å². The van der Waals surface area contributed by atoms with Crippen LogP contribution in [0.25, 0.3) is 21.8 Å². The Kier molecular flexibility index (Phi) is 6.04. The third-order valence-corrected chi connectivity index (χ3v) is 6.38. The maximum Gasteiger partial charge on any atom is 0.226 e. The number of amides is 1. The van der Waals surface area contributed by atoms with E-state index in [1.165, 1.54) is 11.3 Å². The number of nitrogens with one attached hydrogen (secondary N) is 1. The topological polar surface area (TPSA) is 54.9 Å². The number of rotatable bonds is 6. The number of thiazole rings is 2. The smallest absolute Gasteiger partial charge is 0.226 e. The number of aromatic nitrogens is 2. The van der Waals surface area contributed by atoms with Gasteiger partial charge < -0.3 is 5.32 Å². The van der Waals surface area contributed by atoms with Crippen molar-refractivity contribution in [1.29, 1.82) is 0 Å². The number of hydrogen-bond acceptors (Lipinski definition) is 5. The Morgan fingerprint density at radius 2 is 1.83 bits per heavy atom. The van der Waals surface area contributed by atoms with Gasteiger partial charge in [0.1, 0.15) is 5.01 Å². The fraction of sp³-hybridized carbons (Fsp3) is 0.136. The third-order valence-electron chi connectivity index (χ3n) is 4.36. The first-order chi connectivity index (χ1) is 14.1. The highest BCUT2D eigenvalue weighted by Gasteiger charge is 2.11. The molecule has 29 heavy (non-hydrogen) atoms. The first-order valence-electron chi connectivity index (χ1n) is 9.06. The highest BCUT2D eigenvalue weighted by molar-refractivity contribution is 7.13. The van der Waals surface area contributed by atoms with Gasteiger partial charge in [0.15, 0.2) is 0 Å². The van der Waals surface area contributed by atoms with Gasteiger partial charge in [-0.3, -0.25) is 4.79 Å². The van der Waals surface area contributed by atoms with Crippen molar-refractivity contribution in [2.24, 2.45) is 0 Å². The van der Waals surface area contributed by atoms with Crippen LogP contribution in [0.5, 0.6) is 0 Å². The van der Waals surface area contributed by atoms with E-state index in [2.05, 4.69) is 20.7 Å². The number of carbonyl (C=O) groups is 1. The number of carbonyl (C=O) groups excluding carboxylic acids is 1. The van der Waals surface area contributed by atoms with E-state index in [1.54, 1.807) is 11.3 Å². The lowest BCUT2D eigenvalue weighted by molar-refractivity contribution is -0.120. The van der Waals surface area contributed by atoms with Gasteiger partial charge in [-0.05, 0) is 18.6 Å². The van der Waals surface area contributed by atoms with Crippen LogP contribution < -0.4 is 5.32 Å². The molecule has 2 aromatic carbocycles. The molecule has 0 spiro atoms. The van der Waals surface area contributed by atoms with Crippen molar-refractivity contribution in [3.63, 3.8) is 0 Å². The zero-order chi connectivity index (χ0) is 20.2. The molecule has 7 heteroatoms. The molecule has 0 aliphatic carbocycles. The van der Waals surface area contributed by atoms with Gasteiger partial charge >= 0.3 is 0 Å². The summed E-state index contributed by atoms with van der Waals surface area (Å²) in [7, 11) is 0. The maximum atomic E-state index is 12.3. The Morgan fingerprint density at radius 1 is 1.03 bits per heavy atom. The fourth-order valence-corrected chi connectivity index (χ4v) is 4.63. The van der Waals surface area contributed by atoms with Crippen molar-refractivity contribution in [1.82, 2.24) is 15.3 Å². The summed E-state index contributed by atoms with van der Waals surface area (Å²) >= 11 is 9.36. The number of halogens is 1. The SMILES string of the molecule is Cc1nc(-c2ccc(CNC(=O)Cc3csc(-c4ccccc4Cl)n3)cc2)cs1. The van der Waals surface area contributed by atoms with Gasteiger partial charge in [0, 0.05) is 28.4 Å². The second kappa shape index (κ2) is 8.86. The molecule has 2 aromatic heterocycles. The molecule has 2 heterocycles. The van der Waals surface area contributed by atoms with Crippen molar-refractivity contribution in [3.8, 4) is 21.8 Å².